The zero-order valence-electron chi connectivity index (χ0n) is 66.5. The van der Waals surface area contributed by atoms with Crippen LogP contribution in [0.25, 0.3) is 123 Å². The summed E-state index contributed by atoms with van der Waals surface area (Å²) in [6.07, 6.45) is 22.2. The Bertz CT molecular complexity index is 6930. The summed E-state index contributed by atoms with van der Waals surface area (Å²) in [7, 11) is 0. The number of hydrogen-bond donors (Lipinski definition) is 0. The second kappa shape index (κ2) is 38.6. The number of aromatic nitrogens is 12. The van der Waals surface area contributed by atoms with Crippen LogP contribution >= 0.6 is 0 Å². The van der Waals surface area contributed by atoms with E-state index >= 15 is 0 Å². The van der Waals surface area contributed by atoms with Gasteiger partial charge in [-0.2, -0.15) is 0 Å². The minimum absolute atomic E-state index is 0. The number of aliphatic imine (C=N–C) groups is 8. The van der Waals surface area contributed by atoms with Crippen molar-refractivity contribution in [3.8, 4) is 22.3 Å². The maximum Gasteiger partial charge on any atom is 2.00 e. The number of nitrogens with zero attached hydrogens (tertiary/aromatic N) is 20. The first-order valence-electron chi connectivity index (χ1n) is 37.8. The van der Waals surface area contributed by atoms with Crippen molar-refractivity contribution in [3.05, 3.63) is 405 Å². The van der Waals surface area contributed by atoms with Gasteiger partial charge in [0.25, 0.3) is 0 Å². The van der Waals surface area contributed by atoms with E-state index in [2.05, 4.69) is 209 Å². The van der Waals surface area contributed by atoms with Crippen molar-refractivity contribution in [1.29, 1.82) is 0 Å². The molecular weight excluding hydrogens is 2270 g/mol. The van der Waals surface area contributed by atoms with E-state index in [-0.39, 0.29) is 107 Å². The third-order valence-electron chi connectivity index (χ3n) is 20.0. The number of benzene rings is 10. The predicted octanol–water partition coefficient (Wildman–Crippen LogP) is 20.8. The Morgan fingerprint density at radius 2 is 0.760 bits per heavy atom. The molecule has 9 aliphatic rings. The van der Waals surface area contributed by atoms with Gasteiger partial charge in [-0.05, 0) is 110 Å². The van der Waals surface area contributed by atoms with Gasteiger partial charge in [0.05, 0.1) is 76.2 Å². The summed E-state index contributed by atoms with van der Waals surface area (Å²) < 4.78 is 0. The number of hydrogen-bond acceptors (Lipinski definition) is 18. The van der Waals surface area contributed by atoms with Crippen molar-refractivity contribution in [2.75, 3.05) is 0 Å². The van der Waals surface area contributed by atoms with E-state index in [1.165, 1.54) is 0 Å². The summed E-state index contributed by atoms with van der Waals surface area (Å²) in [6, 6.07) is 97.2. The minimum Gasteiger partial charge on any atom is -0.439 e. The molecule has 0 saturated carbocycles. The second-order valence-corrected chi connectivity index (χ2v) is 27.8. The number of amidine groups is 2. The van der Waals surface area contributed by atoms with Crippen LogP contribution in [0.3, 0.4) is 0 Å². The molecule has 0 spiro atoms. The molecule has 0 amide bonds. The third-order valence-corrected chi connectivity index (χ3v) is 20.0. The molecule has 5 aromatic heterocycles. The van der Waals surface area contributed by atoms with Crippen molar-refractivity contribution in [2.24, 2.45) is 39.9 Å². The monoisotopic (exact) mass is 2340 g/mol. The van der Waals surface area contributed by atoms with Crippen LogP contribution in [0.2, 0.25) is 0 Å². The summed E-state index contributed by atoms with van der Waals surface area (Å²) in [5.41, 5.74) is 17.5. The van der Waals surface area contributed by atoms with Gasteiger partial charge in [-0.15, -0.1) is 89.0 Å². The molecule has 24 rings (SSSR count). The van der Waals surface area contributed by atoms with Crippen LogP contribution < -0.4 is 9.97 Å². The Kier molecular flexibility index (Phi) is 27.0. The molecule has 10 aromatic carbocycles. The zero-order chi connectivity index (χ0) is 78.2. The van der Waals surface area contributed by atoms with E-state index in [4.69, 9.17) is 29.9 Å². The molecule has 0 atom stereocenters. The third kappa shape index (κ3) is 18.4. The summed E-state index contributed by atoms with van der Waals surface area (Å²) in [4.78, 5) is 92.1. The van der Waals surface area contributed by atoms with Crippen molar-refractivity contribution >= 4 is 173 Å². The molecule has 125 heavy (non-hydrogen) atoms. The number of rotatable bonds is 4. The van der Waals surface area contributed by atoms with E-state index in [1.54, 1.807) is 49.7 Å². The first kappa shape index (κ1) is 87.4. The molecule has 0 radical (unpaired) electrons. The van der Waals surface area contributed by atoms with Gasteiger partial charge in [0, 0.05) is 56.7 Å². The van der Waals surface area contributed by atoms with Crippen molar-refractivity contribution in [1.82, 2.24) is 59.8 Å². The number of imidazole rings is 2. The van der Waals surface area contributed by atoms with E-state index in [1.807, 2.05) is 164 Å². The van der Waals surface area contributed by atoms with E-state index in [9.17, 15) is 0 Å². The predicted molar refractivity (Wildman–Crippen MR) is 490 cm³/mol. The minimum atomic E-state index is 0. The maximum absolute atomic E-state index is 5.12. The molecule has 24 heteroatoms. The fourth-order valence-electron chi connectivity index (χ4n) is 14.6. The van der Waals surface area contributed by atoms with E-state index in [0.29, 0.717) is 80.7 Å². The summed E-state index contributed by atoms with van der Waals surface area (Å²) in [6.45, 7) is 0. The van der Waals surface area contributed by atoms with Gasteiger partial charge >= 0.3 is 84.3 Å². The van der Waals surface area contributed by atoms with Crippen molar-refractivity contribution < 1.29 is 84.3 Å². The van der Waals surface area contributed by atoms with Crippen LogP contribution in [0.5, 0.6) is 0 Å². The molecule has 15 aromatic rings. The Labute approximate surface area is 777 Å². The standard InChI is InChI=1S/C34H21N2.C26H14N8.C20H11N4.C18H9N6.3CH3.4Pt/c1-3-9-23(10-4-1)33-27-15-7-13-25(21-27)30-18-20-32(36-30)34(24-11-5-2-6-12-24)28-16-8-14-26(22-28)29-17-19-31(33)35-29;1-3-7-15(8-4-1)21-17-11-27-23(31-17)25-29-13-19(33-25)22(16-9-5-2-6-10-16)20-14-30-26(34-20)24-28-12-18(21)32-24;1-3-13-7-15(5-1)19-21-12-18(23-19)10-14-4-2-6-16(8-14)20-22-11-17(9-13)24-20;1-3-11-7-13(5-1)21-15-9-20-18(24-15)12-4-2-6-14(8-12)22-16-10-19-17(11)23-16;;;;;;;/h1-21H;1-14H;1-7,9-12H;1-7,9-10H;3*1H3;;;;/q-1;-2;5*-1;4*+2. The fourth-order valence-corrected chi connectivity index (χ4v) is 14.6. The van der Waals surface area contributed by atoms with Gasteiger partial charge in [-0.1, -0.05) is 211 Å². The molecule has 608 valence electrons. The molecule has 9 aliphatic heterocycles. The normalized spacial score (nSPS) is 12.8. The fraction of sp³-hybridized carbons (Fsp3) is 0. The summed E-state index contributed by atoms with van der Waals surface area (Å²) in [5, 5.41) is 9.66. The summed E-state index contributed by atoms with van der Waals surface area (Å²) in [5.74, 6) is 5.50. The first-order chi connectivity index (χ1) is 58.3. The van der Waals surface area contributed by atoms with Crippen LogP contribution in [0.1, 0.15) is 80.0 Å². The Hall–Kier alpha value is -14.0. The topological polar surface area (TPSA) is 256 Å². The molecular formula is C101H64N20Pt4. The Morgan fingerprint density at radius 3 is 1.44 bits per heavy atom. The van der Waals surface area contributed by atoms with Crippen LogP contribution in [-0.4, -0.2) is 98.8 Å². The van der Waals surface area contributed by atoms with Crippen LogP contribution in [0, 0.1) is 40.5 Å². The summed E-state index contributed by atoms with van der Waals surface area (Å²) >= 11 is 0. The second-order valence-electron chi connectivity index (χ2n) is 27.8. The average molecular weight is 2340 g/mol. The Balaban J connectivity index is 0.000000135. The molecule has 14 heterocycles. The van der Waals surface area contributed by atoms with Crippen LogP contribution in [0.15, 0.2) is 325 Å². The van der Waals surface area contributed by atoms with Gasteiger partial charge in [0.15, 0.2) is 35.0 Å². The molecule has 20 nitrogen and oxygen atoms in total. The molecule has 0 N–H and O–H groups in total. The van der Waals surface area contributed by atoms with E-state index in [0.717, 1.165) is 144 Å². The van der Waals surface area contributed by atoms with Gasteiger partial charge in [0.2, 0.25) is 0 Å². The van der Waals surface area contributed by atoms with Crippen LogP contribution in [0.4, 0.5) is 23.3 Å². The molecule has 32 bridgehead atoms. The quantitative estimate of drug-likeness (QED) is 0.149. The van der Waals surface area contributed by atoms with Crippen molar-refractivity contribution in [3.63, 3.8) is 0 Å². The van der Waals surface area contributed by atoms with E-state index < -0.39 is 0 Å². The van der Waals surface area contributed by atoms with Gasteiger partial charge < -0.3 is 42.2 Å². The number of fused-ring (bicyclic) bond motifs is 38. The van der Waals surface area contributed by atoms with Crippen molar-refractivity contribution in [2.45, 2.75) is 0 Å². The first-order valence-corrected chi connectivity index (χ1v) is 37.8. The average Bonchev–Trinajstić information content (AvgIpc) is 1.13. The SMILES string of the molecule is C1=NC2=NC1=C(c1ccccc1)c1cnc([n-]1)C1=NC(=C(c3ccccc3)c3cnc2[n-]3)C=N1.[CH3-].[CH3-].[CH3-].[Pt+2].[Pt+2].[Pt+2].[Pt+2].[c-]1c2cccc1c(-c1ccccc1)c1nc(c3cccc(c3)c(-c3ccccc3)c3nc2C=C3)C=C1.[c-]1c2cccc1c1nc(cc3cccc(c3)c3nc(c2)C=N3)C=N1.[c-]1c2cccc1c1nc(nc3cccc(c3)c3nc(n2)C=N3)C=N1. The maximum atomic E-state index is 5.12. The molecule has 0 unspecified atom stereocenters. The van der Waals surface area contributed by atoms with Gasteiger partial charge in [-0.3, -0.25) is 29.9 Å². The smallest absolute Gasteiger partial charge is 0.439 e. The molecule has 0 aliphatic carbocycles. The number of allylic oxidation sites excluding steroid dienone is 2. The van der Waals surface area contributed by atoms with Gasteiger partial charge in [-0.25, -0.2) is 49.9 Å². The van der Waals surface area contributed by atoms with Gasteiger partial charge in [0.1, 0.15) is 0 Å². The van der Waals surface area contributed by atoms with Crippen LogP contribution in [-0.2, 0) is 84.3 Å². The molecule has 0 fully saturated rings. The zero-order valence-corrected chi connectivity index (χ0v) is 75.6. The Morgan fingerprint density at radius 1 is 0.288 bits per heavy atom. The molecule has 0 saturated heterocycles. The largest absolute Gasteiger partial charge is 2.00 e.